The van der Waals surface area contributed by atoms with Crippen molar-refractivity contribution in [2.45, 2.75) is 31.7 Å². The lowest BCUT2D eigenvalue weighted by Gasteiger charge is -2.15. The monoisotopic (exact) mass is 287 g/mol. The van der Waals surface area contributed by atoms with E-state index in [4.69, 9.17) is 4.74 Å². The minimum absolute atomic E-state index is 0.234. The van der Waals surface area contributed by atoms with Crippen molar-refractivity contribution in [3.8, 4) is 11.8 Å². The topological polar surface area (TPSA) is 48.3 Å². The SMILES string of the molecule is COc1ccc(C(C#N)NCCCCN2CCCC2)cc1. The van der Waals surface area contributed by atoms with Gasteiger partial charge in [0.25, 0.3) is 0 Å². The van der Waals surface area contributed by atoms with Crippen LogP contribution in [0.2, 0.25) is 0 Å². The van der Waals surface area contributed by atoms with Gasteiger partial charge in [0.1, 0.15) is 11.8 Å². The molecule has 1 fully saturated rings. The molecule has 1 heterocycles. The van der Waals surface area contributed by atoms with Crippen molar-refractivity contribution in [2.24, 2.45) is 0 Å². The summed E-state index contributed by atoms with van der Waals surface area (Å²) in [6.07, 6.45) is 5.02. The fourth-order valence-electron chi connectivity index (χ4n) is 2.75. The van der Waals surface area contributed by atoms with Gasteiger partial charge in [0, 0.05) is 0 Å². The minimum Gasteiger partial charge on any atom is -0.497 e. The van der Waals surface area contributed by atoms with E-state index in [1.54, 1.807) is 7.11 Å². The van der Waals surface area contributed by atoms with Gasteiger partial charge in [0.15, 0.2) is 0 Å². The number of benzene rings is 1. The highest BCUT2D eigenvalue weighted by Gasteiger charge is 2.11. The first-order chi connectivity index (χ1) is 10.3. The molecule has 1 atom stereocenters. The first-order valence-corrected chi connectivity index (χ1v) is 7.83. The van der Waals surface area contributed by atoms with Gasteiger partial charge in [0.2, 0.25) is 0 Å². The van der Waals surface area contributed by atoms with Gasteiger partial charge < -0.3 is 9.64 Å². The molecule has 1 aromatic carbocycles. The molecular weight excluding hydrogens is 262 g/mol. The Balaban J connectivity index is 1.68. The van der Waals surface area contributed by atoms with E-state index >= 15 is 0 Å². The molecule has 1 aliphatic rings. The van der Waals surface area contributed by atoms with E-state index in [0.717, 1.165) is 24.3 Å². The number of nitrogens with zero attached hydrogens (tertiary/aromatic N) is 2. The van der Waals surface area contributed by atoms with Gasteiger partial charge in [-0.1, -0.05) is 12.1 Å². The summed E-state index contributed by atoms with van der Waals surface area (Å²) in [7, 11) is 1.65. The van der Waals surface area contributed by atoms with Crippen LogP contribution in [0.1, 0.15) is 37.3 Å². The van der Waals surface area contributed by atoms with E-state index < -0.39 is 0 Å². The minimum atomic E-state index is -0.234. The molecule has 114 valence electrons. The van der Waals surface area contributed by atoms with Crippen LogP contribution in [-0.2, 0) is 0 Å². The van der Waals surface area contributed by atoms with Crippen molar-refractivity contribution in [1.29, 1.82) is 5.26 Å². The quantitative estimate of drug-likeness (QED) is 0.747. The molecule has 1 saturated heterocycles. The van der Waals surface area contributed by atoms with E-state index in [1.165, 1.54) is 38.9 Å². The average Bonchev–Trinajstić information content (AvgIpc) is 3.04. The highest BCUT2D eigenvalue weighted by Crippen LogP contribution is 2.17. The predicted octanol–water partition coefficient (Wildman–Crippen LogP) is 2.73. The number of rotatable bonds is 8. The Morgan fingerprint density at radius 3 is 2.57 bits per heavy atom. The van der Waals surface area contributed by atoms with E-state index in [-0.39, 0.29) is 6.04 Å². The van der Waals surface area contributed by atoms with Crippen molar-refractivity contribution < 1.29 is 4.74 Å². The summed E-state index contributed by atoms with van der Waals surface area (Å²) in [5.74, 6) is 0.820. The Labute approximate surface area is 127 Å². The van der Waals surface area contributed by atoms with Crippen molar-refractivity contribution >= 4 is 0 Å². The Kier molecular flexibility index (Phi) is 6.52. The highest BCUT2D eigenvalue weighted by atomic mass is 16.5. The number of nitriles is 1. The van der Waals surface area contributed by atoms with Crippen LogP contribution in [0.25, 0.3) is 0 Å². The van der Waals surface area contributed by atoms with E-state index in [1.807, 2.05) is 24.3 Å². The molecule has 1 aliphatic heterocycles. The molecule has 1 aromatic rings. The third-order valence-electron chi connectivity index (χ3n) is 4.03. The maximum Gasteiger partial charge on any atom is 0.121 e. The fraction of sp³-hybridized carbons (Fsp3) is 0.588. The van der Waals surface area contributed by atoms with Gasteiger partial charge in [-0.25, -0.2) is 0 Å². The van der Waals surface area contributed by atoms with Crippen LogP contribution in [0.3, 0.4) is 0 Å². The fourth-order valence-corrected chi connectivity index (χ4v) is 2.75. The molecule has 0 radical (unpaired) electrons. The van der Waals surface area contributed by atoms with Crippen molar-refractivity contribution in [1.82, 2.24) is 10.2 Å². The summed E-state index contributed by atoms with van der Waals surface area (Å²) in [5, 5.41) is 12.6. The number of likely N-dealkylation sites (tertiary alicyclic amines) is 1. The lowest BCUT2D eigenvalue weighted by molar-refractivity contribution is 0.328. The maximum atomic E-state index is 9.28. The number of hydrogen-bond donors (Lipinski definition) is 1. The van der Waals surface area contributed by atoms with Gasteiger partial charge in [-0.3, -0.25) is 5.32 Å². The standard InChI is InChI=1S/C17H25N3O/c1-21-16-8-6-15(7-9-16)17(14-18)19-10-2-3-11-20-12-4-5-13-20/h6-9,17,19H,2-5,10-13H2,1H3. The molecule has 0 bridgehead atoms. The Morgan fingerprint density at radius 1 is 1.24 bits per heavy atom. The van der Waals surface area contributed by atoms with Crippen LogP contribution in [0.15, 0.2) is 24.3 Å². The van der Waals surface area contributed by atoms with Crippen LogP contribution in [0.5, 0.6) is 5.75 Å². The zero-order chi connectivity index (χ0) is 14.9. The van der Waals surface area contributed by atoms with Crippen molar-refractivity contribution in [3.05, 3.63) is 29.8 Å². The molecule has 0 aliphatic carbocycles. The molecule has 2 rings (SSSR count). The van der Waals surface area contributed by atoms with Gasteiger partial charge in [-0.15, -0.1) is 0 Å². The van der Waals surface area contributed by atoms with Gasteiger partial charge in [-0.05, 0) is 69.6 Å². The Bertz CT molecular complexity index is 446. The first-order valence-electron chi connectivity index (χ1n) is 7.83. The van der Waals surface area contributed by atoms with Crippen LogP contribution >= 0.6 is 0 Å². The summed E-state index contributed by atoms with van der Waals surface area (Å²) in [6, 6.07) is 9.78. The number of hydrogen-bond acceptors (Lipinski definition) is 4. The normalized spacial score (nSPS) is 16.6. The predicted molar refractivity (Wildman–Crippen MR) is 84.3 cm³/mol. The lowest BCUT2D eigenvalue weighted by atomic mass is 10.1. The third-order valence-corrected chi connectivity index (χ3v) is 4.03. The summed E-state index contributed by atoms with van der Waals surface area (Å²) in [4.78, 5) is 2.53. The van der Waals surface area contributed by atoms with E-state index in [0.29, 0.717) is 0 Å². The molecule has 4 nitrogen and oxygen atoms in total. The molecule has 0 amide bonds. The second-order valence-electron chi connectivity index (χ2n) is 5.55. The highest BCUT2D eigenvalue weighted by molar-refractivity contribution is 5.31. The Hall–Kier alpha value is -1.57. The maximum absolute atomic E-state index is 9.28. The molecular formula is C17H25N3O. The number of unbranched alkanes of at least 4 members (excludes halogenated alkanes) is 1. The average molecular weight is 287 g/mol. The third kappa shape index (κ3) is 5.04. The second kappa shape index (κ2) is 8.66. The van der Waals surface area contributed by atoms with Crippen LogP contribution in [-0.4, -0.2) is 38.2 Å². The van der Waals surface area contributed by atoms with Gasteiger partial charge >= 0.3 is 0 Å². The number of nitrogens with one attached hydrogen (secondary N) is 1. The largest absolute Gasteiger partial charge is 0.497 e. The van der Waals surface area contributed by atoms with Crippen LogP contribution in [0.4, 0.5) is 0 Å². The van der Waals surface area contributed by atoms with Gasteiger partial charge in [-0.2, -0.15) is 5.26 Å². The Morgan fingerprint density at radius 2 is 1.95 bits per heavy atom. The smallest absolute Gasteiger partial charge is 0.121 e. The molecule has 4 heteroatoms. The molecule has 21 heavy (non-hydrogen) atoms. The number of methoxy groups -OCH3 is 1. The first kappa shape index (κ1) is 15.8. The molecule has 0 aromatic heterocycles. The summed E-state index contributed by atoms with van der Waals surface area (Å²) in [5.41, 5.74) is 0.998. The van der Waals surface area contributed by atoms with Crippen LogP contribution < -0.4 is 10.1 Å². The van der Waals surface area contributed by atoms with Crippen molar-refractivity contribution in [3.63, 3.8) is 0 Å². The van der Waals surface area contributed by atoms with Gasteiger partial charge in [0.05, 0.1) is 13.2 Å². The molecule has 0 saturated carbocycles. The molecule has 1 unspecified atom stereocenters. The molecule has 0 spiro atoms. The molecule has 1 N–H and O–H groups in total. The lowest BCUT2D eigenvalue weighted by Crippen LogP contribution is -2.24. The second-order valence-corrected chi connectivity index (χ2v) is 5.55. The summed E-state index contributed by atoms with van der Waals surface area (Å²) >= 11 is 0. The number of ether oxygens (including phenoxy) is 1. The zero-order valence-corrected chi connectivity index (χ0v) is 12.8. The van der Waals surface area contributed by atoms with E-state index in [9.17, 15) is 5.26 Å². The zero-order valence-electron chi connectivity index (χ0n) is 12.8. The summed E-state index contributed by atoms with van der Waals surface area (Å²) in [6.45, 7) is 4.61. The summed E-state index contributed by atoms with van der Waals surface area (Å²) < 4.78 is 5.14. The van der Waals surface area contributed by atoms with Crippen LogP contribution in [0, 0.1) is 11.3 Å². The van der Waals surface area contributed by atoms with Crippen molar-refractivity contribution in [2.75, 3.05) is 33.3 Å². The van der Waals surface area contributed by atoms with E-state index in [2.05, 4.69) is 16.3 Å².